The molecule has 1 aromatic rings. The fourth-order valence-electron chi connectivity index (χ4n) is 2.31. The number of nitrogens with one attached hydrogen (secondary N) is 2. The second-order valence-corrected chi connectivity index (χ2v) is 13.5. The number of benzene rings is 1. The zero-order chi connectivity index (χ0) is 20.1. The molecule has 0 fully saturated rings. The normalized spacial score (nSPS) is 12.1. The molecule has 0 heterocycles. The topological polar surface area (TPSA) is 76.7 Å². The van der Waals surface area contributed by atoms with E-state index in [-0.39, 0.29) is 12.6 Å². The van der Waals surface area contributed by atoms with Crippen LogP contribution in [0.1, 0.15) is 31.7 Å². The highest BCUT2D eigenvalue weighted by Crippen LogP contribution is 2.08. The Kier molecular flexibility index (Phi) is 10.6. The molecule has 0 aliphatic heterocycles. The highest BCUT2D eigenvalue weighted by atomic mass is 28.3. The van der Waals surface area contributed by atoms with Crippen molar-refractivity contribution < 1.29 is 19.1 Å². The van der Waals surface area contributed by atoms with Crippen molar-refractivity contribution in [3.63, 3.8) is 0 Å². The van der Waals surface area contributed by atoms with Gasteiger partial charge in [-0.15, -0.1) is 0 Å². The summed E-state index contributed by atoms with van der Waals surface area (Å²) in [5, 5.41) is 5.57. The molecule has 0 saturated carbocycles. The number of carbonyl (C=O) groups is 2. The number of hydrogen-bond acceptors (Lipinski definition) is 4. The van der Waals surface area contributed by atoms with Gasteiger partial charge in [0.2, 0.25) is 0 Å². The van der Waals surface area contributed by atoms with Gasteiger partial charge in [0.15, 0.2) is 0 Å². The fourth-order valence-corrected chi connectivity index (χ4v) is 3.03. The Morgan fingerprint density at radius 2 is 1.78 bits per heavy atom. The molecule has 2 N–H and O–H groups in total. The minimum atomic E-state index is -1.23. The molecule has 0 saturated heterocycles. The zero-order valence-electron chi connectivity index (χ0n) is 17.0. The van der Waals surface area contributed by atoms with Crippen LogP contribution in [0.3, 0.4) is 0 Å². The lowest BCUT2D eigenvalue weighted by Crippen LogP contribution is -2.44. The Morgan fingerprint density at radius 3 is 2.41 bits per heavy atom. The molecule has 0 aromatic heterocycles. The molecule has 0 radical (unpaired) electrons. The first kappa shape index (κ1) is 23.0. The SMILES string of the molecule is CCCCC(CNC(=O)OCc1ccccc1)NC(=O)OCC[Si](C)(C)C. The van der Waals surface area contributed by atoms with Gasteiger partial charge in [0.1, 0.15) is 6.61 Å². The summed E-state index contributed by atoms with van der Waals surface area (Å²) in [5.41, 5.74) is 0.930. The quantitative estimate of drug-likeness (QED) is 0.540. The predicted octanol–water partition coefficient (Wildman–Crippen LogP) is 4.54. The highest BCUT2D eigenvalue weighted by molar-refractivity contribution is 6.76. The molecule has 6 nitrogen and oxygen atoms in total. The molecule has 0 bridgehead atoms. The van der Waals surface area contributed by atoms with Crippen LogP contribution in [-0.4, -0.2) is 39.5 Å². The Balaban J connectivity index is 2.35. The molecule has 1 aromatic carbocycles. The van der Waals surface area contributed by atoms with E-state index in [0.29, 0.717) is 13.2 Å². The van der Waals surface area contributed by atoms with E-state index in [9.17, 15) is 9.59 Å². The van der Waals surface area contributed by atoms with E-state index in [2.05, 4.69) is 37.2 Å². The summed E-state index contributed by atoms with van der Waals surface area (Å²) in [7, 11) is -1.23. The van der Waals surface area contributed by atoms with E-state index in [4.69, 9.17) is 9.47 Å². The van der Waals surface area contributed by atoms with Crippen LogP contribution in [0.5, 0.6) is 0 Å². The molecule has 0 aliphatic carbocycles. The van der Waals surface area contributed by atoms with Crippen molar-refractivity contribution in [2.45, 2.75) is 64.5 Å². The highest BCUT2D eigenvalue weighted by Gasteiger charge is 2.17. The second kappa shape index (κ2) is 12.4. The molecular weight excluding hydrogens is 360 g/mol. The minimum absolute atomic E-state index is 0.173. The average molecular weight is 395 g/mol. The van der Waals surface area contributed by atoms with Crippen molar-refractivity contribution in [3.8, 4) is 0 Å². The van der Waals surface area contributed by atoms with E-state index in [1.165, 1.54) is 0 Å². The molecule has 7 heteroatoms. The molecule has 0 aliphatic rings. The lowest BCUT2D eigenvalue weighted by Gasteiger charge is -2.20. The summed E-state index contributed by atoms with van der Waals surface area (Å²) in [6.45, 7) is 9.78. The maximum atomic E-state index is 12.0. The van der Waals surface area contributed by atoms with Crippen LogP contribution >= 0.6 is 0 Å². The van der Waals surface area contributed by atoms with Crippen LogP contribution < -0.4 is 10.6 Å². The first-order valence-corrected chi connectivity index (χ1v) is 13.4. The molecule has 0 spiro atoms. The molecule has 2 amide bonds. The standard InChI is InChI=1S/C20H34N2O4Si/c1-5-6-12-18(22-20(24)25-13-14-27(2,3)4)15-21-19(23)26-16-17-10-8-7-9-11-17/h7-11,18H,5-6,12-16H2,1-4H3,(H,21,23)(H,22,24). The van der Waals surface area contributed by atoms with Gasteiger partial charge in [-0.25, -0.2) is 9.59 Å². The number of carbonyl (C=O) groups excluding carboxylic acids is 2. The summed E-state index contributed by atoms with van der Waals surface area (Å²) >= 11 is 0. The first-order valence-electron chi connectivity index (χ1n) is 9.68. The van der Waals surface area contributed by atoms with Crippen molar-refractivity contribution in [1.82, 2.24) is 10.6 Å². The smallest absolute Gasteiger partial charge is 0.407 e. The third-order valence-corrected chi connectivity index (χ3v) is 5.72. The van der Waals surface area contributed by atoms with Crippen LogP contribution in [0.2, 0.25) is 25.7 Å². The van der Waals surface area contributed by atoms with Gasteiger partial charge in [-0.2, -0.15) is 0 Å². The van der Waals surface area contributed by atoms with Crippen molar-refractivity contribution in [2.75, 3.05) is 13.2 Å². The Bertz CT molecular complexity index is 561. The second-order valence-electron chi connectivity index (χ2n) is 7.87. The average Bonchev–Trinajstić information content (AvgIpc) is 2.62. The van der Waals surface area contributed by atoms with E-state index < -0.39 is 20.3 Å². The Morgan fingerprint density at radius 1 is 1.07 bits per heavy atom. The lowest BCUT2D eigenvalue weighted by molar-refractivity contribution is 0.134. The number of alkyl carbamates (subject to hydrolysis) is 2. The van der Waals surface area contributed by atoms with Gasteiger partial charge >= 0.3 is 12.2 Å². The maximum absolute atomic E-state index is 12.0. The largest absolute Gasteiger partial charge is 0.450 e. The molecule has 1 unspecified atom stereocenters. The minimum Gasteiger partial charge on any atom is -0.450 e. The molecule has 1 rings (SSSR count). The van der Waals surface area contributed by atoms with Crippen molar-refractivity contribution in [1.29, 1.82) is 0 Å². The first-order chi connectivity index (χ1) is 12.8. The third-order valence-electron chi connectivity index (χ3n) is 4.02. The number of ether oxygens (including phenoxy) is 2. The number of unbranched alkanes of at least 4 members (excludes halogenated alkanes) is 1. The summed E-state index contributed by atoms with van der Waals surface area (Å²) in [6.07, 6.45) is 1.84. The zero-order valence-corrected chi connectivity index (χ0v) is 18.0. The van der Waals surface area contributed by atoms with Crippen molar-refractivity contribution in [3.05, 3.63) is 35.9 Å². The Hall–Kier alpha value is -2.02. The van der Waals surface area contributed by atoms with Gasteiger partial charge in [-0.1, -0.05) is 69.7 Å². The summed E-state index contributed by atoms with van der Waals surface area (Å²) in [4.78, 5) is 23.9. The van der Waals surface area contributed by atoms with Crippen LogP contribution in [0.25, 0.3) is 0 Å². The van der Waals surface area contributed by atoms with Crippen LogP contribution in [0.4, 0.5) is 9.59 Å². The van der Waals surface area contributed by atoms with Gasteiger partial charge < -0.3 is 20.1 Å². The van der Waals surface area contributed by atoms with E-state index in [1.54, 1.807) is 0 Å². The fraction of sp³-hybridized carbons (Fsp3) is 0.600. The van der Waals surface area contributed by atoms with Gasteiger partial charge in [-0.3, -0.25) is 0 Å². The molecule has 27 heavy (non-hydrogen) atoms. The van der Waals surface area contributed by atoms with Crippen LogP contribution in [-0.2, 0) is 16.1 Å². The number of amides is 2. The van der Waals surface area contributed by atoms with E-state index >= 15 is 0 Å². The van der Waals surface area contributed by atoms with Gasteiger partial charge in [-0.05, 0) is 18.0 Å². The maximum Gasteiger partial charge on any atom is 0.407 e. The number of rotatable bonds is 11. The third kappa shape index (κ3) is 12.1. The van der Waals surface area contributed by atoms with Crippen molar-refractivity contribution in [2.24, 2.45) is 0 Å². The molecule has 152 valence electrons. The monoisotopic (exact) mass is 394 g/mol. The summed E-state index contributed by atoms with van der Waals surface area (Å²) in [6, 6.07) is 10.3. The Labute approximate surface area is 164 Å². The molecule has 1 atom stereocenters. The molecular formula is C20H34N2O4Si. The van der Waals surface area contributed by atoms with Crippen LogP contribution in [0, 0.1) is 0 Å². The van der Waals surface area contributed by atoms with Gasteiger partial charge in [0.05, 0.1) is 6.61 Å². The van der Waals surface area contributed by atoms with Crippen molar-refractivity contribution >= 4 is 20.3 Å². The predicted molar refractivity (Wildman–Crippen MR) is 111 cm³/mol. The van der Waals surface area contributed by atoms with Gasteiger partial charge in [0.25, 0.3) is 0 Å². The van der Waals surface area contributed by atoms with E-state index in [1.807, 2.05) is 30.3 Å². The number of hydrogen-bond donors (Lipinski definition) is 2. The van der Waals surface area contributed by atoms with E-state index in [0.717, 1.165) is 30.9 Å². The van der Waals surface area contributed by atoms with Crippen LogP contribution in [0.15, 0.2) is 30.3 Å². The lowest BCUT2D eigenvalue weighted by atomic mass is 10.1. The summed E-state index contributed by atoms with van der Waals surface area (Å²) in [5.74, 6) is 0. The summed E-state index contributed by atoms with van der Waals surface area (Å²) < 4.78 is 10.5. The van der Waals surface area contributed by atoms with Gasteiger partial charge in [0, 0.05) is 20.7 Å².